The second kappa shape index (κ2) is 7.56. The molecule has 3 aromatic rings. The van der Waals surface area contributed by atoms with Crippen LogP contribution in [0.2, 0.25) is 0 Å². The average molecular weight is 366 g/mol. The van der Waals surface area contributed by atoms with E-state index in [0.717, 1.165) is 45.9 Å². The molecule has 2 heterocycles. The van der Waals surface area contributed by atoms with Crippen LogP contribution in [0.5, 0.6) is 0 Å². The lowest BCUT2D eigenvalue weighted by Crippen LogP contribution is -2.38. The maximum atomic E-state index is 13.1. The second-order valence-corrected chi connectivity index (χ2v) is 7.73. The number of hydrogen-bond donors (Lipinski definition) is 0. The molecular weight excluding hydrogens is 344 g/mol. The first-order valence-corrected chi connectivity index (χ1v) is 9.84. The van der Waals surface area contributed by atoms with Gasteiger partial charge in [-0.3, -0.25) is 9.69 Å². The highest BCUT2D eigenvalue weighted by molar-refractivity contribution is 7.22. The third-order valence-corrected chi connectivity index (χ3v) is 5.79. The summed E-state index contributed by atoms with van der Waals surface area (Å²) in [6, 6.07) is 16.0. The monoisotopic (exact) mass is 366 g/mol. The summed E-state index contributed by atoms with van der Waals surface area (Å²) in [5.74, 6) is 0.0726. The standard InChI is InChI=1S/C21H22N2O2S/c1-15-7-5-11-18-20(15)22-21(26-18)23(14-17-10-6-12-25-17)19(24)13-16-8-3-2-4-9-16/h2-5,7-9,11,17H,6,10,12-14H2,1H3. The topological polar surface area (TPSA) is 42.4 Å². The molecule has 1 atom stereocenters. The summed E-state index contributed by atoms with van der Waals surface area (Å²) < 4.78 is 6.90. The maximum Gasteiger partial charge on any atom is 0.233 e. The zero-order valence-electron chi connectivity index (χ0n) is 14.9. The largest absolute Gasteiger partial charge is 0.376 e. The Bertz CT molecular complexity index is 901. The SMILES string of the molecule is Cc1cccc2sc(N(CC3CCCO3)C(=O)Cc3ccccc3)nc12. The third kappa shape index (κ3) is 3.64. The number of ether oxygens (including phenoxy) is 1. The van der Waals surface area contributed by atoms with Gasteiger partial charge in [-0.15, -0.1) is 0 Å². The molecule has 5 heteroatoms. The van der Waals surface area contributed by atoms with Crippen LogP contribution in [-0.4, -0.2) is 30.1 Å². The van der Waals surface area contributed by atoms with Gasteiger partial charge in [0.2, 0.25) is 5.91 Å². The van der Waals surface area contributed by atoms with Crippen LogP contribution >= 0.6 is 11.3 Å². The van der Waals surface area contributed by atoms with E-state index in [4.69, 9.17) is 9.72 Å². The molecule has 1 aliphatic rings. The third-order valence-electron chi connectivity index (χ3n) is 4.75. The molecule has 4 rings (SSSR count). The van der Waals surface area contributed by atoms with E-state index in [9.17, 15) is 4.79 Å². The summed E-state index contributed by atoms with van der Waals surface area (Å²) in [7, 11) is 0. The van der Waals surface area contributed by atoms with Crippen molar-refractivity contribution in [2.75, 3.05) is 18.1 Å². The number of anilines is 1. The van der Waals surface area contributed by atoms with Gasteiger partial charge in [0.25, 0.3) is 0 Å². The zero-order valence-corrected chi connectivity index (χ0v) is 15.7. The molecule has 1 aliphatic heterocycles. The number of rotatable bonds is 5. The lowest BCUT2D eigenvalue weighted by Gasteiger charge is -2.23. The van der Waals surface area contributed by atoms with Crippen molar-refractivity contribution in [1.82, 2.24) is 4.98 Å². The van der Waals surface area contributed by atoms with E-state index in [2.05, 4.69) is 19.1 Å². The fourth-order valence-electron chi connectivity index (χ4n) is 3.33. The molecule has 0 radical (unpaired) electrons. The van der Waals surface area contributed by atoms with Crippen molar-refractivity contribution in [1.29, 1.82) is 0 Å². The minimum absolute atomic E-state index is 0.0726. The molecule has 0 saturated carbocycles. The van der Waals surface area contributed by atoms with Crippen LogP contribution in [0.25, 0.3) is 10.2 Å². The molecule has 0 N–H and O–H groups in total. The molecule has 0 spiro atoms. The molecule has 0 bridgehead atoms. The molecule has 134 valence electrons. The van der Waals surface area contributed by atoms with Crippen molar-refractivity contribution in [3.8, 4) is 0 Å². The van der Waals surface area contributed by atoms with E-state index in [1.165, 1.54) is 0 Å². The molecule has 1 fully saturated rings. The number of fused-ring (bicyclic) bond motifs is 1. The number of carbonyl (C=O) groups excluding carboxylic acids is 1. The van der Waals surface area contributed by atoms with Gasteiger partial charge >= 0.3 is 0 Å². The molecule has 2 aromatic carbocycles. The number of aryl methyl sites for hydroxylation is 1. The summed E-state index contributed by atoms with van der Waals surface area (Å²) in [4.78, 5) is 19.7. The Labute approximate surface area is 157 Å². The molecule has 1 saturated heterocycles. The van der Waals surface area contributed by atoms with Crippen molar-refractivity contribution >= 4 is 32.6 Å². The van der Waals surface area contributed by atoms with E-state index in [-0.39, 0.29) is 12.0 Å². The predicted octanol–water partition coefficient (Wildman–Crippen LogP) is 4.36. The van der Waals surface area contributed by atoms with Crippen LogP contribution in [0, 0.1) is 6.92 Å². The normalized spacial score (nSPS) is 16.9. The number of para-hydroxylation sites is 1. The van der Waals surface area contributed by atoms with Crippen LogP contribution < -0.4 is 4.90 Å². The Hall–Kier alpha value is -2.24. The molecular formula is C21H22N2O2S. The van der Waals surface area contributed by atoms with Gasteiger partial charge in [-0.2, -0.15) is 0 Å². The molecule has 4 nitrogen and oxygen atoms in total. The van der Waals surface area contributed by atoms with Gasteiger partial charge < -0.3 is 4.74 Å². The zero-order chi connectivity index (χ0) is 17.9. The number of thiazole rings is 1. The fraction of sp³-hybridized carbons (Fsp3) is 0.333. The summed E-state index contributed by atoms with van der Waals surface area (Å²) in [5, 5.41) is 0.769. The van der Waals surface area contributed by atoms with Crippen LogP contribution in [0.3, 0.4) is 0 Å². The van der Waals surface area contributed by atoms with E-state index in [1.54, 1.807) is 11.3 Å². The highest BCUT2D eigenvalue weighted by Gasteiger charge is 2.26. The minimum Gasteiger partial charge on any atom is -0.376 e. The summed E-state index contributed by atoms with van der Waals surface area (Å²) >= 11 is 1.58. The van der Waals surface area contributed by atoms with Gasteiger partial charge in [-0.25, -0.2) is 4.98 Å². The number of benzene rings is 2. The molecule has 0 aliphatic carbocycles. The second-order valence-electron chi connectivity index (χ2n) is 6.72. The highest BCUT2D eigenvalue weighted by atomic mass is 32.1. The van der Waals surface area contributed by atoms with E-state index >= 15 is 0 Å². The Morgan fingerprint density at radius 3 is 2.81 bits per heavy atom. The van der Waals surface area contributed by atoms with Crippen LogP contribution in [0.1, 0.15) is 24.0 Å². The molecule has 1 aromatic heterocycles. The van der Waals surface area contributed by atoms with Crippen molar-refractivity contribution in [2.24, 2.45) is 0 Å². The Morgan fingerprint density at radius 2 is 2.08 bits per heavy atom. The van der Waals surface area contributed by atoms with Gasteiger partial charge in [0.15, 0.2) is 5.13 Å². The van der Waals surface area contributed by atoms with Crippen LogP contribution in [-0.2, 0) is 16.0 Å². The maximum absolute atomic E-state index is 13.1. The number of amides is 1. The van der Waals surface area contributed by atoms with Crippen LogP contribution in [0.4, 0.5) is 5.13 Å². The van der Waals surface area contributed by atoms with E-state index in [0.29, 0.717) is 13.0 Å². The van der Waals surface area contributed by atoms with Crippen molar-refractivity contribution in [3.05, 3.63) is 59.7 Å². The summed E-state index contributed by atoms with van der Waals surface area (Å²) in [6.45, 7) is 3.41. The highest BCUT2D eigenvalue weighted by Crippen LogP contribution is 2.31. The Kier molecular flexibility index (Phi) is 5.00. The molecule has 1 unspecified atom stereocenters. The average Bonchev–Trinajstić information content (AvgIpc) is 3.30. The first kappa shape index (κ1) is 17.2. The summed E-state index contributed by atoms with van der Waals surface area (Å²) in [6.07, 6.45) is 2.54. The number of aromatic nitrogens is 1. The van der Waals surface area contributed by atoms with E-state index < -0.39 is 0 Å². The van der Waals surface area contributed by atoms with Crippen molar-refractivity contribution < 1.29 is 9.53 Å². The van der Waals surface area contributed by atoms with Crippen molar-refractivity contribution in [3.63, 3.8) is 0 Å². The van der Waals surface area contributed by atoms with Gasteiger partial charge in [-0.1, -0.05) is 53.8 Å². The Balaban J connectivity index is 1.64. The first-order valence-electron chi connectivity index (χ1n) is 9.03. The lowest BCUT2D eigenvalue weighted by molar-refractivity contribution is -0.118. The van der Waals surface area contributed by atoms with Crippen LogP contribution in [0.15, 0.2) is 48.5 Å². The van der Waals surface area contributed by atoms with Crippen molar-refractivity contribution in [2.45, 2.75) is 32.3 Å². The summed E-state index contributed by atoms with van der Waals surface area (Å²) in [5.41, 5.74) is 3.14. The first-order chi connectivity index (χ1) is 12.7. The number of hydrogen-bond acceptors (Lipinski definition) is 4. The number of nitrogens with zero attached hydrogens (tertiary/aromatic N) is 2. The van der Waals surface area contributed by atoms with Gasteiger partial charge in [0.1, 0.15) is 0 Å². The van der Waals surface area contributed by atoms with E-state index in [1.807, 2.05) is 41.3 Å². The minimum atomic E-state index is 0.0726. The number of carbonyl (C=O) groups is 1. The van der Waals surface area contributed by atoms with Gasteiger partial charge in [0, 0.05) is 6.61 Å². The Morgan fingerprint density at radius 1 is 1.23 bits per heavy atom. The lowest BCUT2D eigenvalue weighted by atomic mass is 10.1. The predicted molar refractivity (Wildman–Crippen MR) is 106 cm³/mol. The van der Waals surface area contributed by atoms with Gasteiger partial charge in [0.05, 0.1) is 29.3 Å². The molecule has 26 heavy (non-hydrogen) atoms. The smallest absolute Gasteiger partial charge is 0.233 e. The fourth-order valence-corrected chi connectivity index (χ4v) is 4.40. The quantitative estimate of drug-likeness (QED) is 0.674. The molecule has 1 amide bonds. The van der Waals surface area contributed by atoms with Gasteiger partial charge in [-0.05, 0) is 37.0 Å².